The third-order valence-electron chi connectivity index (χ3n) is 3.67. The summed E-state index contributed by atoms with van der Waals surface area (Å²) in [5.41, 5.74) is 1.15. The summed E-state index contributed by atoms with van der Waals surface area (Å²) in [6.45, 7) is 2.29. The van der Waals surface area contributed by atoms with E-state index >= 15 is 0 Å². The van der Waals surface area contributed by atoms with Crippen LogP contribution in [-0.4, -0.2) is 40.6 Å². The van der Waals surface area contributed by atoms with Gasteiger partial charge in [0.2, 0.25) is 0 Å². The molecule has 1 aliphatic rings. The lowest BCUT2D eigenvalue weighted by atomic mass is 10.1. The number of hydrogen-bond acceptors (Lipinski definition) is 5. The van der Waals surface area contributed by atoms with Crippen molar-refractivity contribution in [2.75, 3.05) is 19.8 Å². The molecule has 0 aromatic carbocycles. The number of carbonyl (C=O) groups is 1. The van der Waals surface area contributed by atoms with E-state index in [1.807, 2.05) is 18.2 Å². The van der Waals surface area contributed by atoms with Gasteiger partial charge < -0.3 is 10.1 Å². The number of hydrogen-bond donors (Lipinski definition) is 1. The topological polar surface area (TPSA) is 77.0 Å². The largest absolute Gasteiger partial charge is 0.381 e. The Morgan fingerprint density at radius 2 is 2.14 bits per heavy atom. The molecule has 1 saturated heterocycles. The number of nitrogens with one attached hydrogen (secondary N) is 1. The van der Waals surface area contributed by atoms with E-state index in [-0.39, 0.29) is 5.91 Å². The first kappa shape index (κ1) is 14.6. The highest BCUT2D eigenvalue weighted by Gasteiger charge is 2.15. The molecule has 0 bridgehead atoms. The molecular formula is C16H18N4O2. The Kier molecular flexibility index (Phi) is 4.70. The molecule has 2 aromatic rings. The highest BCUT2D eigenvalue weighted by molar-refractivity contribution is 5.93. The highest BCUT2D eigenvalue weighted by atomic mass is 16.5. The second-order valence-corrected chi connectivity index (χ2v) is 5.28. The number of carbonyl (C=O) groups excluding carboxylic acids is 1. The fourth-order valence-electron chi connectivity index (χ4n) is 2.38. The van der Waals surface area contributed by atoms with Crippen molar-refractivity contribution in [3.05, 3.63) is 42.4 Å². The van der Waals surface area contributed by atoms with E-state index in [0.717, 1.165) is 26.1 Å². The van der Waals surface area contributed by atoms with Crippen molar-refractivity contribution < 1.29 is 9.53 Å². The lowest BCUT2D eigenvalue weighted by Gasteiger charge is -2.08. The molecule has 0 saturated carbocycles. The van der Waals surface area contributed by atoms with Gasteiger partial charge in [-0.25, -0.2) is 9.97 Å². The van der Waals surface area contributed by atoms with Crippen LogP contribution in [0.5, 0.6) is 0 Å². The van der Waals surface area contributed by atoms with E-state index < -0.39 is 0 Å². The number of amides is 1. The van der Waals surface area contributed by atoms with Crippen LogP contribution in [-0.2, 0) is 4.74 Å². The first-order chi connectivity index (χ1) is 10.8. The van der Waals surface area contributed by atoms with Crippen LogP contribution in [0, 0.1) is 5.92 Å². The van der Waals surface area contributed by atoms with E-state index in [1.165, 1.54) is 12.4 Å². The van der Waals surface area contributed by atoms with Gasteiger partial charge in [-0.1, -0.05) is 6.07 Å². The second-order valence-electron chi connectivity index (χ2n) is 5.28. The van der Waals surface area contributed by atoms with Gasteiger partial charge >= 0.3 is 0 Å². The SMILES string of the molecule is O=C(NCC[C@H]1CCOC1)c1cnc(-c2ccccn2)nc1. The molecule has 6 heteroatoms. The van der Waals surface area contributed by atoms with Crippen molar-refractivity contribution in [1.82, 2.24) is 20.3 Å². The Morgan fingerprint density at radius 1 is 1.27 bits per heavy atom. The molecule has 0 spiro atoms. The minimum Gasteiger partial charge on any atom is -0.381 e. The summed E-state index contributed by atoms with van der Waals surface area (Å²) in [6, 6.07) is 5.54. The van der Waals surface area contributed by atoms with Crippen LogP contribution in [0.15, 0.2) is 36.8 Å². The lowest BCUT2D eigenvalue weighted by molar-refractivity contribution is 0.0949. The van der Waals surface area contributed by atoms with Gasteiger partial charge in [0.1, 0.15) is 5.69 Å². The Bertz CT molecular complexity index is 610. The van der Waals surface area contributed by atoms with Gasteiger partial charge in [0.15, 0.2) is 5.82 Å². The Morgan fingerprint density at radius 3 is 2.82 bits per heavy atom. The molecule has 3 rings (SSSR count). The first-order valence-electron chi connectivity index (χ1n) is 7.42. The fraction of sp³-hybridized carbons (Fsp3) is 0.375. The molecule has 0 radical (unpaired) electrons. The Hall–Kier alpha value is -2.34. The van der Waals surface area contributed by atoms with E-state index in [0.29, 0.717) is 29.5 Å². The molecule has 1 fully saturated rings. The molecular weight excluding hydrogens is 280 g/mol. The summed E-state index contributed by atoms with van der Waals surface area (Å²) in [5.74, 6) is 0.926. The van der Waals surface area contributed by atoms with Crippen molar-refractivity contribution in [2.45, 2.75) is 12.8 Å². The fourth-order valence-corrected chi connectivity index (χ4v) is 2.38. The third-order valence-corrected chi connectivity index (χ3v) is 3.67. The van der Waals surface area contributed by atoms with Crippen LogP contribution < -0.4 is 5.32 Å². The smallest absolute Gasteiger partial charge is 0.254 e. The predicted molar refractivity (Wildman–Crippen MR) is 81.1 cm³/mol. The zero-order valence-electron chi connectivity index (χ0n) is 12.2. The minimum absolute atomic E-state index is 0.147. The summed E-state index contributed by atoms with van der Waals surface area (Å²) >= 11 is 0. The summed E-state index contributed by atoms with van der Waals surface area (Å²) in [5, 5.41) is 2.89. The summed E-state index contributed by atoms with van der Waals surface area (Å²) in [4.78, 5) is 24.6. The van der Waals surface area contributed by atoms with Crippen LogP contribution in [0.3, 0.4) is 0 Å². The van der Waals surface area contributed by atoms with E-state index in [4.69, 9.17) is 4.74 Å². The van der Waals surface area contributed by atoms with E-state index in [9.17, 15) is 4.79 Å². The van der Waals surface area contributed by atoms with Crippen LogP contribution in [0.25, 0.3) is 11.5 Å². The van der Waals surface area contributed by atoms with Crippen molar-refractivity contribution in [2.24, 2.45) is 5.92 Å². The maximum absolute atomic E-state index is 12.0. The van der Waals surface area contributed by atoms with Gasteiger partial charge in [-0.3, -0.25) is 9.78 Å². The molecule has 1 amide bonds. The van der Waals surface area contributed by atoms with Crippen LogP contribution in [0.1, 0.15) is 23.2 Å². The van der Waals surface area contributed by atoms with Crippen molar-refractivity contribution >= 4 is 5.91 Å². The monoisotopic (exact) mass is 298 g/mol. The molecule has 3 heterocycles. The molecule has 2 aromatic heterocycles. The summed E-state index contributed by atoms with van der Waals surface area (Å²) in [7, 11) is 0. The van der Waals surface area contributed by atoms with Crippen molar-refractivity contribution in [3.63, 3.8) is 0 Å². The minimum atomic E-state index is -0.147. The Labute approximate surface area is 129 Å². The van der Waals surface area contributed by atoms with E-state index in [1.54, 1.807) is 6.20 Å². The summed E-state index contributed by atoms with van der Waals surface area (Å²) in [6.07, 6.45) is 6.78. The van der Waals surface area contributed by atoms with Crippen molar-refractivity contribution in [1.29, 1.82) is 0 Å². The molecule has 114 valence electrons. The molecule has 1 aliphatic heterocycles. The number of nitrogens with zero attached hydrogens (tertiary/aromatic N) is 3. The number of ether oxygens (including phenoxy) is 1. The number of aromatic nitrogens is 3. The molecule has 1 atom stereocenters. The first-order valence-corrected chi connectivity index (χ1v) is 7.42. The van der Waals surface area contributed by atoms with Gasteiger partial charge in [0, 0.05) is 38.3 Å². The maximum atomic E-state index is 12.0. The highest BCUT2D eigenvalue weighted by Crippen LogP contribution is 2.15. The van der Waals surface area contributed by atoms with Gasteiger partial charge in [-0.2, -0.15) is 0 Å². The third kappa shape index (κ3) is 3.65. The van der Waals surface area contributed by atoms with Crippen molar-refractivity contribution in [3.8, 4) is 11.5 Å². The predicted octanol–water partition coefficient (Wildman–Crippen LogP) is 1.70. The zero-order valence-corrected chi connectivity index (χ0v) is 12.2. The molecule has 22 heavy (non-hydrogen) atoms. The zero-order chi connectivity index (χ0) is 15.2. The van der Waals surface area contributed by atoms with Crippen LogP contribution in [0.4, 0.5) is 0 Å². The Balaban J connectivity index is 1.54. The molecule has 0 aliphatic carbocycles. The quantitative estimate of drug-likeness (QED) is 0.909. The molecule has 0 unspecified atom stereocenters. The number of rotatable bonds is 5. The van der Waals surface area contributed by atoms with E-state index in [2.05, 4.69) is 20.3 Å². The maximum Gasteiger partial charge on any atom is 0.254 e. The van der Waals surface area contributed by atoms with Gasteiger partial charge in [-0.05, 0) is 30.9 Å². The van der Waals surface area contributed by atoms with Crippen LogP contribution >= 0.6 is 0 Å². The van der Waals surface area contributed by atoms with Gasteiger partial charge in [-0.15, -0.1) is 0 Å². The standard InChI is InChI=1S/C16H18N4O2/c21-16(18-7-4-12-5-8-22-11-12)13-9-19-15(20-10-13)14-3-1-2-6-17-14/h1-3,6,9-10,12H,4-5,7-8,11H2,(H,18,21)/t12-/m0/s1. The van der Waals surface area contributed by atoms with Gasteiger partial charge in [0.25, 0.3) is 5.91 Å². The summed E-state index contributed by atoms with van der Waals surface area (Å²) < 4.78 is 5.32. The molecule has 1 N–H and O–H groups in total. The second kappa shape index (κ2) is 7.09. The average molecular weight is 298 g/mol. The lowest BCUT2D eigenvalue weighted by Crippen LogP contribution is -2.26. The normalized spacial score (nSPS) is 17.4. The number of pyridine rings is 1. The van der Waals surface area contributed by atoms with Crippen LogP contribution in [0.2, 0.25) is 0 Å². The van der Waals surface area contributed by atoms with Gasteiger partial charge in [0.05, 0.1) is 5.56 Å². The molecule has 6 nitrogen and oxygen atoms in total. The average Bonchev–Trinajstić information content (AvgIpc) is 3.09.